The zero-order chi connectivity index (χ0) is 14.0. The smallest absolute Gasteiger partial charge is 0.337 e. The zero-order valence-corrected chi connectivity index (χ0v) is 11.5. The molecule has 0 amide bonds. The summed E-state index contributed by atoms with van der Waals surface area (Å²) < 4.78 is 6.51. The average molecular weight is 283 g/mol. The Kier molecular flexibility index (Phi) is 4.07. The minimum absolute atomic E-state index is 0.245. The summed E-state index contributed by atoms with van der Waals surface area (Å²) in [5.74, 6) is 0.508. The number of hydrogen-bond acceptors (Lipinski definition) is 4. The summed E-state index contributed by atoms with van der Waals surface area (Å²) in [6.07, 6.45) is -0.527. The van der Waals surface area contributed by atoms with Crippen molar-refractivity contribution in [2.75, 3.05) is 7.11 Å². The van der Waals surface area contributed by atoms with Crippen LogP contribution in [0.5, 0.6) is 0 Å². The van der Waals surface area contributed by atoms with Crippen LogP contribution < -0.4 is 0 Å². The highest BCUT2D eigenvalue weighted by atomic mass is 35.5. The number of aliphatic hydroxyl groups excluding tert-OH is 1. The van der Waals surface area contributed by atoms with E-state index in [9.17, 15) is 9.90 Å². The first kappa shape index (κ1) is 13.8. The van der Waals surface area contributed by atoms with Gasteiger partial charge >= 0.3 is 5.97 Å². The second-order valence-electron chi connectivity index (χ2n) is 4.32. The Morgan fingerprint density at radius 1 is 1.58 bits per heavy atom. The fourth-order valence-electron chi connectivity index (χ4n) is 1.99. The highest BCUT2D eigenvalue weighted by Crippen LogP contribution is 2.20. The van der Waals surface area contributed by atoms with Crippen LogP contribution in [0.3, 0.4) is 0 Å². The van der Waals surface area contributed by atoms with E-state index in [1.54, 1.807) is 25.1 Å². The summed E-state index contributed by atoms with van der Waals surface area (Å²) in [7, 11) is 1.34. The molecule has 1 N–H and O–H groups in total. The van der Waals surface area contributed by atoms with E-state index < -0.39 is 12.1 Å². The van der Waals surface area contributed by atoms with E-state index in [0.717, 1.165) is 11.0 Å². The molecule has 0 fully saturated rings. The number of ether oxygens (including phenoxy) is 1. The minimum atomic E-state index is -0.527. The van der Waals surface area contributed by atoms with E-state index in [4.69, 9.17) is 16.3 Å². The number of esters is 1. The molecule has 1 atom stereocenters. The number of aliphatic hydroxyl groups is 1. The van der Waals surface area contributed by atoms with Crippen LogP contribution in [0.1, 0.15) is 23.1 Å². The number of methoxy groups -OCH3 is 1. The van der Waals surface area contributed by atoms with Crippen molar-refractivity contribution >= 4 is 28.6 Å². The maximum Gasteiger partial charge on any atom is 0.337 e. The highest BCUT2D eigenvalue weighted by molar-refractivity contribution is 6.16. The quantitative estimate of drug-likeness (QED) is 0.687. The Balaban J connectivity index is 2.58. The lowest BCUT2D eigenvalue weighted by Gasteiger charge is -2.10. The molecule has 0 bridgehead atoms. The standard InChI is InChI=1S/C13H15ClN2O3/c1-8(17)7-16-11-5-9(13(18)19-2)3-4-10(11)15-12(16)6-14/h3-5,8,17H,6-7H2,1-2H3/t8-/m0/s1. The maximum atomic E-state index is 11.5. The van der Waals surface area contributed by atoms with Crippen LogP contribution >= 0.6 is 11.6 Å². The van der Waals surface area contributed by atoms with Crippen molar-refractivity contribution in [2.24, 2.45) is 0 Å². The Hall–Kier alpha value is -1.59. The molecule has 0 aliphatic heterocycles. The topological polar surface area (TPSA) is 64.3 Å². The van der Waals surface area contributed by atoms with E-state index in [2.05, 4.69) is 4.98 Å². The van der Waals surface area contributed by atoms with E-state index in [1.807, 2.05) is 4.57 Å². The summed E-state index contributed by atoms with van der Waals surface area (Å²) in [5.41, 5.74) is 1.95. The third-order valence-electron chi connectivity index (χ3n) is 2.81. The third kappa shape index (κ3) is 2.72. The lowest BCUT2D eigenvalue weighted by atomic mass is 10.2. The van der Waals surface area contributed by atoms with Gasteiger partial charge in [-0.2, -0.15) is 0 Å². The molecule has 0 unspecified atom stereocenters. The van der Waals surface area contributed by atoms with Crippen LogP contribution in [0.25, 0.3) is 11.0 Å². The molecule has 0 spiro atoms. The predicted molar refractivity (Wildman–Crippen MR) is 72.3 cm³/mol. The lowest BCUT2D eigenvalue weighted by molar-refractivity contribution is 0.0601. The average Bonchev–Trinajstić information content (AvgIpc) is 2.74. The van der Waals surface area contributed by atoms with E-state index in [-0.39, 0.29) is 5.88 Å². The molecule has 0 aliphatic rings. The number of imidazole rings is 1. The molecule has 5 nitrogen and oxygen atoms in total. The van der Waals surface area contributed by atoms with Crippen molar-refractivity contribution in [3.05, 3.63) is 29.6 Å². The molecule has 19 heavy (non-hydrogen) atoms. The Morgan fingerprint density at radius 2 is 2.32 bits per heavy atom. The molecule has 0 aliphatic carbocycles. The van der Waals surface area contributed by atoms with Gasteiger partial charge < -0.3 is 14.4 Å². The Bertz CT molecular complexity index is 607. The Labute approximate surface area is 115 Å². The number of halogens is 1. The van der Waals surface area contributed by atoms with Crippen LogP contribution in [0, 0.1) is 0 Å². The number of fused-ring (bicyclic) bond motifs is 1. The molecule has 1 aromatic carbocycles. The highest BCUT2D eigenvalue weighted by Gasteiger charge is 2.14. The van der Waals surface area contributed by atoms with Gasteiger partial charge in [-0.15, -0.1) is 11.6 Å². The van der Waals surface area contributed by atoms with E-state index in [1.165, 1.54) is 7.11 Å². The number of hydrogen-bond donors (Lipinski definition) is 1. The molecule has 6 heteroatoms. The largest absolute Gasteiger partial charge is 0.465 e. The van der Waals surface area contributed by atoms with Gasteiger partial charge in [0.1, 0.15) is 5.82 Å². The molecule has 0 saturated heterocycles. The van der Waals surface area contributed by atoms with Crippen LogP contribution in [0.4, 0.5) is 0 Å². The summed E-state index contributed by atoms with van der Waals surface area (Å²) >= 11 is 5.86. The van der Waals surface area contributed by atoms with Gasteiger partial charge in [0.25, 0.3) is 0 Å². The van der Waals surface area contributed by atoms with Gasteiger partial charge in [0, 0.05) is 0 Å². The molecule has 1 heterocycles. The monoisotopic (exact) mass is 282 g/mol. The van der Waals surface area contributed by atoms with Crippen LogP contribution in [-0.2, 0) is 17.2 Å². The van der Waals surface area contributed by atoms with Crippen molar-refractivity contribution in [1.82, 2.24) is 9.55 Å². The first-order chi connectivity index (χ1) is 9.06. The minimum Gasteiger partial charge on any atom is -0.465 e. The van der Waals surface area contributed by atoms with Gasteiger partial charge in [-0.05, 0) is 25.1 Å². The first-order valence-electron chi connectivity index (χ1n) is 5.88. The van der Waals surface area contributed by atoms with Gasteiger partial charge in [0.05, 0.1) is 42.2 Å². The van der Waals surface area contributed by atoms with Crippen molar-refractivity contribution in [3.63, 3.8) is 0 Å². The van der Waals surface area contributed by atoms with Gasteiger partial charge in [0.2, 0.25) is 0 Å². The fourth-order valence-corrected chi connectivity index (χ4v) is 2.19. The Morgan fingerprint density at radius 3 is 2.89 bits per heavy atom. The van der Waals surface area contributed by atoms with Crippen LogP contribution in [-0.4, -0.2) is 33.8 Å². The van der Waals surface area contributed by atoms with E-state index >= 15 is 0 Å². The molecule has 0 saturated carbocycles. The van der Waals surface area contributed by atoms with Gasteiger partial charge in [0.15, 0.2) is 0 Å². The summed E-state index contributed by atoms with van der Waals surface area (Å²) in [6.45, 7) is 2.07. The predicted octanol–water partition coefficient (Wildman–Crippen LogP) is 1.94. The summed E-state index contributed by atoms with van der Waals surface area (Å²) in [6, 6.07) is 5.11. The van der Waals surface area contributed by atoms with Crippen molar-refractivity contribution in [2.45, 2.75) is 25.5 Å². The first-order valence-corrected chi connectivity index (χ1v) is 6.41. The van der Waals surface area contributed by atoms with Crippen molar-refractivity contribution in [1.29, 1.82) is 0 Å². The SMILES string of the molecule is COC(=O)c1ccc2nc(CCl)n(C[C@H](C)O)c2c1. The third-order valence-corrected chi connectivity index (χ3v) is 3.05. The molecule has 1 aromatic heterocycles. The molecular formula is C13H15ClN2O3. The number of rotatable bonds is 4. The number of alkyl halides is 1. The van der Waals surface area contributed by atoms with Crippen molar-refractivity contribution < 1.29 is 14.6 Å². The van der Waals surface area contributed by atoms with Crippen LogP contribution in [0.2, 0.25) is 0 Å². The molecule has 0 radical (unpaired) electrons. The number of benzene rings is 1. The van der Waals surface area contributed by atoms with Gasteiger partial charge in [-0.1, -0.05) is 0 Å². The molecule has 2 rings (SSSR count). The molecular weight excluding hydrogens is 268 g/mol. The normalized spacial score (nSPS) is 12.6. The second-order valence-corrected chi connectivity index (χ2v) is 4.58. The van der Waals surface area contributed by atoms with Gasteiger partial charge in [-0.25, -0.2) is 9.78 Å². The lowest BCUT2D eigenvalue weighted by Crippen LogP contribution is -2.14. The number of aromatic nitrogens is 2. The fraction of sp³-hybridized carbons (Fsp3) is 0.385. The summed E-state index contributed by atoms with van der Waals surface area (Å²) in [5, 5.41) is 9.54. The van der Waals surface area contributed by atoms with Gasteiger partial charge in [-0.3, -0.25) is 0 Å². The maximum absolute atomic E-state index is 11.5. The molecule has 102 valence electrons. The number of nitrogens with zero attached hydrogens (tertiary/aromatic N) is 2. The van der Waals surface area contributed by atoms with E-state index in [0.29, 0.717) is 17.9 Å². The second kappa shape index (κ2) is 5.59. The van der Waals surface area contributed by atoms with Crippen LogP contribution in [0.15, 0.2) is 18.2 Å². The summed E-state index contributed by atoms with van der Waals surface area (Å²) in [4.78, 5) is 15.9. The zero-order valence-electron chi connectivity index (χ0n) is 10.8. The number of carbonyl (C=O) groups is 1. The molecule has 2 aromatic rings. The number of carbonyl (C=O) groups excluding carboxylic acids is 1. The van der Waals surface area contributed by atoms with Crippen molar-refractivity contribution in [3.8, 4) is 0 Å².